The molecular formula is C9H9N3O2S. The summed E-state index contributed by atoms with van der Waals surface area (Å²) in [6.07, 6.45) is 1.73. The monoisotopic (exact) mass is 223 g/mol. The first kappa shape index (κ1) is 9.85. The quantitative estimate of drug-likeness (QED) is 0.826. The van der Waals surface area contributed by atoms with E-state index in [4.69, 9.17) is 5.11 Å². The number of carboxylic acid groups (broad SMARTS) is 1. The van der Waals surface area contributed by atoms with Gasteiger partial charge in [0.05, 0.1) is 6.20 Å². The van der Waals surface area contributed by atoms with Gasteiger partial charge in [0.1, 0.15) is 16.7 Å². The molecule has 5 nitrogen and oxygen atoms in total. The zero-order chi connectivity index (χ0) is 10.8. The molecule has 2 aromatic rings. The summed E-state index contributed by atoms with van der Waals surface area (Å²) in [7, 11) is 0. The third kappa shape index (κ3) is 2.04. The van der Waals surface area contributed by atoms with Crippen LogP contribution >= 0.6 is 11.5 Å². The van der Waals surface area contributed by atoms with Crippen LogP contribution in [0.2, 0.25) is 0 Å². The molecule has 2 rings (SSSR count). The molecule has 0 amide bonds. The molecule has 0 spiro atoms. The molecule has 0 fully saturated rings. The van der Waals surface area contributed by atoms with E-state index in [0.717, 1.165) is 10.2 Å². The van der Waals surface area contributed by atoms with E-state index in [1.165, 1.54) is 11.5 Å². The number of hydrogen-bond donors (Lipinski definition) is 2. The number of fused-ring (bicyclic) bond motifs is 1. The van der Waals surface area contributed by atoms with E-state index < -0.39 is 12.0 Å². The lowest BCUT2D eigenvalue weighted by atomic mass is 10.3. The van der Waals surface area contributed by atoms with Gasteiger partial charge in [0.15, 0.2) is 0 Å². The highest BCUT2D eigenvalue weighted by Gasteiger charge is 2.11. The maximum Gasteiger partial charge on any atom is 0.325 e. The Morgan fingerprint density at radius 1 is 1.60 bits per heavy atom. The minimum Gasteiger partial charge on any atom is -0.480 e. The smallest absolute Gasteiger partial charge is 0.325 e. The second kappa shape index (κ2) is 3.82. The largest absolute Gasteiger partial charge is 0.480 e. The van der Waals surface area contributed by atoms with Crippen LogP contribution in [0, 0.1) is 0 Å². The molecule has 1 atom stereocenters. The Labute approximate surface area is 89.9 Å². The number of aromatic nitrogens is 2. The third-order valence-electron chi connectivity index (χ3n) is 1.96. The van der Waals surface area contributed by atoms with Crippen LogP contribution in [0.5, 0.6) is 0 Å². The van der Waals surface area contributed by atoms with Crippen LogP contribution in [0.25, 0.3) is 10.2 Å². The summed E-state index contributed by atoms with van der Waals surface area (Å²) >= 11 is 1.29. The SMILES string of the molecule is CC(Nc1ccc2cnsc2n1)C(=O)O. The van der Waals surface area contributed by atoms with Crippen molar-refractivity contribution >= 4 is 33.5 Å². The van der Waals surface area contributed by atoms with E-state index in [-0.39, 0.29) is 0 Å². The fraction of sp³-hybridized carbons (Fsp3) is 0.222. The van der Waals surface area contributed by atoms with Crippen LogP contribution in [0.15, 0.2) is 18.3 Å². The topological polar surface area (TPSA) is 75.1 Å². The van der Waals surface area contributed by atoms with E-state index in [0.29, 0.717) is 5.82 Å². The Hall–Kier alpha value is -1.69. The summed E-state index contributed by atoms with van der Waals surface area (Å²) in [5.41, 5.74) is 0. The maximum atomic E-state index is 10.6. The molecule has 1 unspecified atom stereocenters. The van der Waals surface area contributed by atoms with Crippen LogP contribution in [0.4, 0.5) is 5.82 Å². The Kier molecular flexibility index (Phi) is 2.51. The van der Waals surface area contributed by atoms with Gasteiger partial charge in [-0.15, -0.1) is 0 Å². The molecule has 0 radical (unpaired) electrons. The minimum absolute atomic E-state index is 0.557. The minimum atomic E-state index is -0.902. The number of pyridine rings is 1. The highest BCUT2D eigenvalue weighted by atomic mass is 32.1. The number of nitrogens with one attached hydrogen (secondary N) is 1. The van der Waals surface area contributed by atoms with E-state index in [9.17, 15) is 4.79 Å². The summed E-state index contributed by atoms with van der Waals surface area (Å²) < 4.78 is 3.99. The Morgan fingerprint density at radius 2 is 2.40 bits per heavy atom. The molecule has 2 aromatic heterocycles. The standard InChI is InChI=1S/C9H9N3O2S/c1-5(9(13)14)11-7-3-2-6-4-10-15-8(6)12-7/h2-5H,1H3,(H,11,12)(H,13,14). The lowest BCUT2D eigenvalue weighted by Gasteiger charge is -2.08. The normalized spacial score (nSPS) is 12.6. The van der Waals surface area contributed by atoms with Crippen LogP contribution in [0.3, 0.4) is 0 Å². The molecule has 0 aliphatic rings. The van der Waals surface area contributed by atoms with Crippen LogP contribution < -0.4 is 5.32 Å². The van der Waals surface area contributed by atoms with Crippen molar-refractivity contribution in [2.75, 3.05) is 5.32 Å². The van der Waals surface area contributed by atoms with Crippen molar-refractivity contribution in [2.45, 2.75) is 13.0 Å². The highest BCUT2D eigenvalue weighted by molar-refractivity contribution is 7.12. The highest BCUT2D eigenvalue weighted by Crippen LogP contribution is 2.18. The molecule has 0 aliphatic carbocycles. The average molecular weight is 223 g/mol. The van der Waals surface area contributed by atoms with Gasteiger partial charge in [0.2, 0.25) is 0 Å². The van der Waals surface area contributed by atoms with Crippen molar-refractivity contribution in [2.24, 2.45) is 0 Å². The number of hydrogen-bond acceptors (Lipinski definition) is 5. The molecule has 2 heterocycles. The second-order valence-electron chi connectivity index (χ2n) is 3.12. The summed E-state index contributed by atoms with van der Waals surface area (Å²) in [5.74, 6) is -0.345. The van der Waals surface area contributed by atoms with Gasteiger partial charge in [0, 0.05) is 5.39 Å². The number of rotatable bonds is 3. The van der Waals surface area contributed by atoms with Crippen LogP contribution in [-0.4, -0.2) is 26.5 Å². The van der Waals surface area contributed by atoms with E-state index in [1.54, 1.807) is 19.2 Å². The third-order valence-corrected chi connectivity index (χ3v) is 2.67. The fourth-order valence-corrected chi connectivity index (χ4v) is 1.75. The lowest BCUT2D eigenvalue weighted by Crippen LogP contribution is -2.25. The number of nitrogens with zero attached hydrogens (tertiary/aromatic N) is 2. The predicted octanol–water partition coefficient (Wildman–Crippen LogP) is 1.58. The van der Waals surface area contributed by atoms with Gasteiger partial charge in [-0.1, -0.05) is 0 Å². The zero-order valence-electron chi connectivity index (χ0n) is 7.97. The summed E-state index contributed by atoms with van der Waals surface area (Å²) in [5, 5.41) is 12.5. The van der Waals surface area contributed by atoms with Crippen molar-refractivity contribution in [3.05, 3.63) is 18.3 Å². The van der Waals surface area contributed by atoms with Crippen molar-refractivity contribution in [3.8, 4) is 0 Å². The Morgan fingerprint density at radius 3 is 3.13 bits per heavy atom. The predicted molar refractivity (Wildman–Crippen MR) is 58.1 cm³/mol. The molecule has 0 bridgehead atoms. The van der Waals surface area contributed by atoms with Crippen molar-refractivity contribution < 1.29 is 9.90 Å². The molecule has 15 heavy (non-hydrogen) atoms. The number of anilines is 1. The first-order valence-electron chi connectivity index (χ1n) is 4.37. The second-order valence-corrected chi connectivity index (χ2v) is 3.90. The van der Waals surface area contributed by atoms with Gasteiger partial charge in [-0.05, 0) is 30.6 Å². The average Bonchev–Trinajstić information content (AvgIpc) is 2.64. The summed E-state index contributed by atoms with van der Waals surface area (Å²) in [6.45, 7) is 1.57. The van der Waals surface area contributed by atoms with Gasteiger partial charge in [0.25, 0.3) is 0 Å². The van der Waals surface area contributed by atoms with Gasteiger partial charge >= 0.3 is 5.97 Å². The Bertz CT molecular complexity index is 497. The summed E-state index contributed by atoms with van der Waals surface area (Å²) in [4.78, 5) is 15.7. The van der Waals surface area contributed by atoms with Gasteiger partial charge < -0.3 is 10.4 Å². The first-order chi connectivity index (χ1) is 7.16. The van der Waals surface area contributed by atoms with E-state index in [1.807, 2.05) is 6.07 Å². The van der Waals surface area contributed by atoms with Crippen LogP contribution in [0.1, 0.15) is 6.92 Å². The molecule has 0 aromatic carbocycles. The molecule has 0 saturated heterocycles. The van der Waals surface area contributed by atoms with E-state index >= 15 is 0 Å². The van der Waals surface area contributed by atoms with Crippen molar-refractivity contribution in [1.29, 1.82) is 0 Å². The fourth-order valence-electron chi connectivity index (χ4n) is 1.12. The number of aliphatic carboxylic acids is 1. The molecule has 78 valence electrons. The van der Waals surface area contributed by atoms with Crippen molar-refractivity contribution in [3.63, 3.8) is 0 Å². The molecule has 0 saturated carbocycles. The van der Waals surface area contributed by atoms with Crippen LogP contribution in [-0.2, 0) is 4.79 Å². The Balaban J connectivity index is 2.24. The van der Waals surface area contributed by atoms with E-state index in [2.05, 4.69) is 14.7 Å². The summed E-state index contributed by atoms with van der Waals surface area (Å²) in [6, 6.07) is 2.96. The molecule has 2 N–H and O–H groups in total. The molecule has 6 heteroatoms. The van der Waals surface area contributed by atoms with Gasteiger partial charge in [-0.3, -0.25) is 4.79 Å². The zero-order valence-corrected chi connectivity index (χ0v) is 8.78. The van der Waals surface area contributed by atoms with Gasteiger partial charge in [-0.2, -0.15) is 4.37 Å². The molecule has 0 aliphatic heterocycles. The number of carbonyl (C=O) groups is 1. The lowest BCUT2D eigenvalue weighted by molar-refractivity contribution is -0.137. The number of carboxylic acids is 1. The molecular weight excluding hydrogens is 214 g/mol. The van der Waals surface area contributed by atoms with Gasteiger partial charge in [-0.25, -0.2) is 4.98 Å². The van der Waals surface area contributed by atoms with Crippen molar-refractivity contribution in [1.82, 2.24) is 9.36 Å². The first-order valence-corrected chi connectivity index (χ1v) is 5.15. The maximum absolute atomic E-state index is 10.6.